The van der Waals surface area contributed by atoms with Crippen LogP contribution in [-0.4, -0.2) is 49.1 Å². The van der Waals surface area contributed by atoms with Crippen LogP contribution in [0.3, 0.4) is 0 Å². The van der Waals surface area contributed by atoms with Crippen molar-refractivity contribution >= 4 is 38.3 Å². The molecular weight excluding hydrogens is 300 g/mol. The summed E-state index contributed by atoms with van der Waals surface area (Å²) < 4.78 is 24.6. The zero-order chi connectivity index (χ0) is 14.8. The van der Waals surface area contributed by atoms with Crippen LogP contribution in [0, 0.1) is 0 Å². The van der Waals surface area contributed by atoms with Crippen molar-refractivity contribution in [3.63, 3.8) is 0 Å². The van der Waals surface area contributed by atoms with E-state index in [1.165, 1.54) is 18.4 Å². The normalized spacial score (nSPS) is 12.0. The summed E-state index contributed by atoms with van der Waals surface area (Å²) >= 11 is 5.85. The van der Waals surface area contributed by atoms with E-state index in [9.17, 15) is 8.42 Å². The van der Waals surface area contributed by atoms with Crippen LogP contribution in [0.15, 0.2) is 24.3 Å². The average Bonchev–Trinajstić information content (AvgIpc) is 2.38. The molecule has 0 fully saturated rings. The Labute approximate surface area is 122 Å². The Morgan fingerprint density at radius 3 is 2.65 bits per heavy atom. The summed E-state index contributed by atoms with van der Waals surface area (Å²) in [5.74, 6) is 0.519. The smallest absolute Gasteiger partial charge is 0.224 e. The molecule has 0 radical (unpaired) electrons. The molecule has 1 aromatic carbocycles. The highest BCUT2D eigenvalue weighted by Crippen LogP contribution is 2.21. The Morgan fingerprint density at radius 1 is 1.25 bits per heavy atom. The molecule has 0 aliphatic carbocycles. The fourth-order valence-corrected chi connectivity index (χ4v) is 2.56. The minimum absolute atomic E-state index is 0.0179. The maximum absolute atomic E-state index is 11.7. The van der Waals surface area contributed by atoms with Gasteiger partial charge in [0, 0.05) is 26.0 Å². The first kappa shape index (κ1) is 15.0. The minimum Gasteiger partial charge on any atom is -0.368 e. The maximum atomic E-state index is 11.7. The van der Waals surface area contributed by atoms with Crippen LogP contribution >= 0.6 is 11.6 Å². The molecule has 0 unspecified atom stereocenters. The van der Waals surface area contributed by atoms with Gasteiger partial charge < -0.3 is 5.32 Å². The number of aromatic nitrogens is 2. The van der Waals surface area contributed by atoms with Gasteiger partial charge in [-0.05, 0) is 23.7 Å². The molecule has 0 atom stereocenters. The number of nitrogens with zero attached hydrogens (tertiary/aromatic N) is 3. The first-order valence-electron chi connectivity index (χ1n) is 5.96. The largest absolute Gasteiger partial charge is 0.368 e. The van der Waals surface area contributed by atoms with Gasteiger partial charge >= 0.3 is 0 Å². The Morgan fingerprint density at radius 2 is 1.95 bits per heavy atom. The predicted octanol–water partition coefficient (Wildman–Crippen LogP) is 1.59. The fraction of sp³-hybridized carbons (Fsp3) is 0.333. The SMILES string of the molecule is CN(C)S(=O)(=O)CCNc1nc(Cl)nc2ccccc12. The Hall–Kier alpha value is -1.44. The summed E-state index contributed by atoms with van der Waals surface area (Å²) in [6.07, 6.45) is 0. The number of fused-ring (bicyclic) bond motifs is 1. The first-order valence-corrected chi connectivity index (χ1v) is 7.95. The molecule has 1 heterocycles. The third kappa shape index (κ3) is 3.36. The van der Waals surface area contributed by atoms with Crippen LogP contribution in [0.5, 0.6) is 0 Å². The highest BCUT2D eigenvalue weighted by molar-refractivity contribution is 7.89. The molecule has 0 spiro atoms. The molecule has 108 valence electrons. The molecular formula is C12H15ClN4O2S. The van der Waals surface area contributed by atoms with Crippen molar-refractivity contribution < 1.29 is 8.42 Å². The quantitative estimate of drug-likeness (QED) is 0.848. The second-order valence-electron chi connectivity index (χ2n) is 4.38. The number of halogens is 1. The summed E-state index contributed by atoms with van der Waals surface area (Å²) in [6, 6.07) is 7.40. The van der Waals surface area contributed by atoms with E-state index in [0.717, 1.165) is 5.39 Å². The van der Waals surface area contributed by atoms with Crippen molar-refractivity contribution in [2.45, 2.75) is 0 Å². The number of nitrogens with one attached hydrogen (secondary N) is 1. The molecule has 1 aromatic heterocycles. The fourth-order valence-electron chi connectivity index (χ4n) is 1.66. The van der Waals surface area contributed by atoms with Crippen LogP contribution in [0.2, 0.25) is 5.28 Å². The van der Waals surface area contributed by atoms with E-state index >= 15 is 0 Å². The second kappa shape index (κ2) is 5.90. The number of para-hydroxylation sites is 1. The van der Waals surface area contributed by atoms with Gasteiger partial charge in [0.2, 0.25) is 15.3 Å². The number of hydrogen-bond donors (Lipinski definition) is 1. The highest BCUT2D eigenvalue weighted by atomic mass is 35.5. The van der Waals surface area contributed by atoms with Crippen molar-refractivity contribution in [3.8, 4) is 0 Å². The van der Waals surface area contributed by atoms with Gasteiger partial charge in [-0.3, -0.25) is 0 Å². The summed E-state index contributed by atoms with van der Waals surface area (Å²) in [4.78, 5) is 8.21. The summed E-state index contributed by atoms with van der Waals surface area (Å²) in [5.41, 5.74) is 0.713. The topological polar surface area (TPSA) is 75.2 Å². The van der Waals surface area contributed by atoms with Crippen molar-refractivity contribution in [1.82, 2.24) is 14.3 Å². The second-order valence-corrected chi connectivity index (χ2v) is 7.02. The van der Waals surface area contributed by atoms with E-state index in [1.807, 2.05) is 24.3 Å². The van der Waals surface area contributed by atoms with E-state index in [1.54, 1.807) is 0 Å². The molecule has 2 aromatic rings. The lowest BCUT2D eigenvalue weighted by atomic mass is 10.2. The third-order valence-corrected chi connectivity index (χ3v) is 4.79. The number of sulfonamides is 1. The third-order valence-electron chi connectivity index (χ3n) is 2.78. The Bertz CT molecular complexity index is 718. The van der Waals surface area contributed by atoms with Crippen LogP contribution in [0.4, 0.5) is 5.82 Å². The van der Waals surface area contributed by atoms with Crippen LogP contribution < -0.4 is 5.32 Å². The van der Waals surface area contributed by atoms with Gasteiger partial charge in [-0.1, -0.05) is 12.1 Å². The lowest BCUT2D eigenvalue weighted by Crippen LogP contribution is -2.28. The lowest BCUT2D eigenvalue weighted by molar-refractivity contribution is 0.521. The standard InChI is InChI=1S/C12H15ClN4O2S/c1-17(2)20(18,19)8-7-14-11-9-5-3-4-6-10(9)15-12(13)16-11/h3-6H,7-8H2,1-2H3,(H,14,15,16). The number of rotatable bonds is 5. The van der Waals surface area contributed by atoms with Gasteiger partial charge in [-0.25, -0.2) is 22.7 Å². The van der Waals surface area contributed by atoms with Crippen LogP contribution in [-0.2, 0) is 10.0 Å². The number of anilines is 1. The number of hydrogen-bond acceptors (Lipinski definition) is 5. The zero-order valence-electron chi connectivity index (χ0n) is 11.2. The van der Waals surface area contributed by atoms with E-state index < -0.39 is 10.0 Å². The lowest BCUT2D eigenvalue weighted by Gasteiger charge is -2.12. The van der Waals surface area contributed by atoms with E-state index in [4.69, 9.17) is 11.6 Å². The van der Waals surface area contributed by atoms with E-state index in [0.29, 0.717) is 11.3 Å². The molecule has 1 N–H and O–H groups in total. The van der Waals surface area contributed by atoms with Crippen molar-refractivity contribution in [1.29, 1.82) is 0 Å². The average molecular weight is 315 g/mol. The molecule has 0 saturated heterocycles. The summed E-state index contributed by atoms with van der Waals surface area (Å²) in [6.45, 7) is 0.248. The predicted molar refractivity (Wildman–Crippen MR) is 80.5 cm³/mol. The summed E-state index contributed by atoms with van der Waals surface area (Å²) in [7, 11) is -0.225. The monoisotopic (exact) mass is 314 g/mol. The zero-order valence-corrected chi connectivity index (χ0v) is 12.7. The summed E-state index contributed by atoms with van der Waals surface area (Å²) in [5, 5.41) is 3.93. The van der Waals surface area contributed by atoms with Crippen molar-refractivity contribution in [3.05, 3.63) is 29.5 Å². The van der Waals surface area contributed by atoms with Gasteiger partial charge in [0.15, 0.2) is 0 Å². The van der Waals surface area contributed by atoms with Gasteiger partial charge in [0.1, 0.15) is 5.82 Å². The molecule has 6 nitrogen and oxygen atoms in total. The Kier molecular flexibility index (Phi) is 4.42. The van der Waals surface area contributed by atoms with Gasteiger partial charge in [-0.2, -0.15) is 0 Å². The Balaban J connectivity index is 2.18. The van der Waals surface area contributed by atoms with E-state index in [2.05, 4.69) is 15.3 Å². The van der Waals surface area contributed by atoms with Crippen LogP contribution in [0.1, 0.15) is 0 Å². The highest BCUT2D eigenvalue weighted by Gasteiger charge is 2.13. The molecule has 0 aliphatic rings. The minimum atomic E-state index is -3.24. The van der Waals surface area contributed by atoms with Crippen molar-refractivity contribution in [2.24, 2.45) is 0 Å². The van der Waals surface area contributed by atoms with Gasteiger partial charge in [-0.15, -0.1) is 0 Å². The van der Waals surface area contributed by atoms with Gasteiger partial charge in [0.25, 0.3) is 0 Å². The maximum Gasteiger partial charge on any atom is 0.224 e. The molecule has 0 amide bonds. The van der Waals surface area contributed by atoms with Crippen molar-refractivity contribution in [2.75, 3.05) is 31.7 Å². The molecule has 20 heavy (non-hydrogen) atoms. The van der Waals surface area contributed by atoms with Crippen LogP contribution in [0.25, 0.3) is 10.9 Å². The molecule has 0 bridgehead atoms. The molecule has 0 saturated carbocycles. The molecule has 2 rings (SSSR count). The molecule has 8 heteroatoms. The first-order chi connectivity index (χ1) is 9.40. The van der Waals surface area contributed by atoms with Gasteiger partial charge in [0.05, 0.1) is 11.3 Å². The number of benzene rings is 1. The van der Waals surface area contributed by atoms with E-state index in [-0.39, 0.29) is 17.6 Å². The molecule has 0 aliphatic heterocycles.